The topological polar surface area (TPSA) is 56.0 Å². The molecule has 0 N–H and O–H groups in total. The van der Waals surface area contributed by atoms with E-state index in [1.54, 1.807) is 10.9 Å². The monoisotopic (exact) mass is 355 g/mol. The van der Waals surface area contributed by atoms with Crippen molar-refractivity contribution in [2.45, 2.75) is 59.0 Å². The minimum Gasteiger partial charge on any atom is -0.299 e. The second-order valence-electron chi connectivity index (χ2n) is 7.98. The van der Waals surface area contributed by atoms with Gasteiger partial charge in [0.25, 0.3) is 5.56 Å². The van der Waals surface area contributed by atoms with Gasteiger partial charge in [0.15, 0.2) is 0 Å². The van der Waals surface area contributed by atoms with Gasteiger partial charge in [0.2, 0.25) is 0 Å². The largest absolute Gasteiger partial charge is 0.299 e. The van der Waals surface area contributed by atoms with Crippen LogP contribution in [0, 0.1) is 19.8 Å². The molecule has 0 radical (unpaired) electrons. The normalized spacial score (nSPS) is 18.4. The maximum atomic E-state index is 12.4. The summed E-state index contributed by atoms with van der Waals surface area (Å²) in [4.78, 5) is 19.3. The van der Waals surface area contributed by atoms with Crippen LogP contribution in [-0.2, 0) is 33.0 Å². The van der Waals surface area contributed by atoms with Gasteiger partial charge in [-0.3, -0.25) is 18.9 Å². The Kier molecular flexibility index (Phi) is 4.69. The number of hydrogen-bond acceptors (Lipinski definition) is 4. The van der Waals surface area contributed by atoms with Crippen LogP contribution >= 0.6 is 0 Å². The predicted molar refractivity (Wildman–Crippen MR) is 101 cm³/mol. The summed E-state index contributed by atoms with van der Waals surface area (Å²) in [6, 6.07) is 0. The fraction of sp³-hybridized carbons (Fsp3) is 0.650. The van der Waals surface area contributed by atoms with Crippen molar-refractivity contribution in [3.05, 3.63) is 44.9 Å². The zero-order valence-corrected chi connectivity index (χ0v) is 16.2. The Morgan fingerprint density at radius 2 is 1.96 bits per heavy atom. The van der Waals surface area contributed by atoms with E-state index < -0.39 is 0 Å². The molecule has 0 saturated carbocycles. The van der Waals surface area contributed by atoms with E-state index in [1.807, 2.05) is 13.8 Å². The highest BCUT2D eigenvalue weighted by Crippen LogP contribution is 2.27. The van der Waals surface area contributed by atoms with Crippen LogP contribution in [0.1, 0.15) is 47.5 Å². The van der Waals surface area contributed by atoms with Gasteiger partial charge in [-0.15, -0.1) is 0 Å². The van der Waals surface area contributed by atoms with Crippen molar-refractivity contribution in [1.29, 1.82) is 0 Å². The quantitative estimate of drug-likeness (QED) is 0.842. The van der Waals surface area contributed by atoms with E-state index in [2.05, 4.69) is 21.6 Å². The van der Waals surface area contributed by atoms with E-state index in [1.165, 1.54) is 29.8 Å². The Labute approximate surface area is 154 Å². The van der Waals surface area contributed by atoms with Crippen LogP contribution in [0.2, 0.25) is 0 Å². The number of likely N-dealkylation sites (tertiary alicyclic amines) is 1. The average molecular weight is 355 g/mol. The van der Waals surface area contributed by atoms with E-state index in [0.29, 0.717) is 5.92 Å². The van der Waals surface area contributed by atoms with Crippen LogP contribution in [0.5, 0.6) is 0 Å². The highest BCUT2D eigenvalue weighted by molar-refractivity contribution is 5.30. The fourth-order valence-electron chi connectivity index (χ4n) is 4.41. The van der Waals surface area contributed by atoms with E-state index >= 15 is 0 Å². The fourth-order valence-corrected chi connectivity index (χ4v) is 4.41. The second kappa shape index (κ2) is 6.99. The van der Waals surface area contributed by atoms with Crippen LogP contribution in [-0.4, -0.2) is 37.3 Å². The van der Waals surface area contributed by atoms with Gasteiger partial charge in [-0.25, -0.2) is 4.98 Å². The SMILES string of the molecule is Cc1ncn(CC2CCN(Cc3c4c(nn3C)CCC4)CC2)c(=O)c1C. The Hall–Kier alpha value is -1.95. The average Bonchev–Trinajstić information content (AvgIpc) is 3.19. The molecule has 6 heteroatoms. The van der Waals surface area contributed by atoms with Crippen molar-refractivity contribution < 1.29 is 0 Å². The van der Waals surface area contributed by atoms with Gasteiger partial charge >= 0.3 is 0 Å². The van der Waals surface area contributed by atoms with E-state index in [4.69, 9.17) is 5.10 Å². The number of fused-ring (bicyclic) bond motifs is 1. The molecule has 140 valence electrons. The van der Waals surface area contributed by atoms with Gasteiger partial charge in [-0.1, -0.05) is 0 Å². The third kappa shape index (κ3) is 3.22. The molecular weight excluding hydrogens is 326 g/mol. The zero-order chi connectivity index (χ0) is 18.3. The number of nitrogens with zero attached hydrogens (tertiary/aromatic N) is 5. The molecule has 0 aromatic carbocycles. The molecule has 3 heterocycles. The molecule has 0 spiro atoms. The Balaban J connectivity index is 1.36. The Morgan fingerprint density at radius 1 is 1.19 bits per heavy atom. The number of hydrogen-bond donors (Lipinski definition) is 0. The van der Waals surface area contributed by atoms with Crippen LogP contribution < -0.4 is 5.56 Å². The summed E-state index contributed by atoms with van der Waals surface area (Å²) in [5.41, 5.74) is 5.96. The summed E-state index contributed by atoms with van der Waals surface area (Å²) in [5.74, 6) is 0.560. The summed E-state index contributed by atoms with van der Waals surface area (Å²) < 4.78 is 3.90. The van der Waals surface area contributed by atoms with Crippen molar-refractivity contribution in [2.75, 3.05) is 13.1 Å². The summed E-state index contributed by atoms with van der Waals surface area (Å²) in [5, 5.41) is 4.70. The number of piperidine rings is 1. The predicted octanol–water partition coefficient (Wildman–Crippen LogP) is 1.99. The first kappa shape index (κ1) is 17.5. The Morgan fingerprint density at radius 3 is 2.73 bits per heavy atom. The number of aromatic nitrogens is 4. The molecule has 0 amide bonds. The van der Waals surface area contributed by atoms with Crippen molar-refractivity contribution in [1.82, 2.24) is 24.2 Å². The maximum absolute atomic E-state index is 12.4. The Bertz CT molecular complexity index is 858. The maximum Gasteiger partial charge on any atom is 0.256 e. The summed E-state index contributed by atoms with van der Waals surface area (Å²) in [6.45, 7) is 7.76. The molecule has 0 unspecified atom stereocenters. The smallest absolute Gasteiger partial charge is 0.256 e. The molecule has 1 aliphatic heterocycles. The zero-order valence-electron chi connectivity index (χ0n) is 16.2. The third-order valence-electron chi connectivity index (χ3n) is 6.25. The van der Waals surface area contributed by atoms with Crippen LogP contribution in [0.4, 0.5) is 0 Å². The minimum atomic E-state index is 0.116. The highest BCUT2D eigenvalue weighted by atomic mass is 16.1. The summed E-state index contributed by atoms with van der Waals surface area (Å²) >= 11 is 0. The first-order valence-electron chi connectivity index (χ1n) is 9.81. The van der Waals surface area contributed by atoms with Crippen molar-refractivity contribution in [3.63, 3.8) is 0 Å². The molecule has 0 atom stereocenters. The van der Waals surface area contributed by atoms with Crippen molar-refractivity contribution >= 4 is 0 Å². The third-order valence-corrected chi connectivity index (χ3v) is 6.25. The number of rotatable bonds is 4. The lowest BCUT2D eigenvalue weighted by molar-refractivity contribution is 0.162. The summed E-state index contributed by atoms with van der Waals surface area (Å²) in [7, 11) is 2.08. The summed E-state index contributed by atoms with van der Waals surface area (Å²) in [6.07, 6.45) is 7.59. The van der Waals surface area contributed by atoms with Gasteiger partial charge in [-0.2, -0.15) is 5.10 Å². The molecule has 0 bridgehead atoms. The molecular formula is C20H29N5O. The molecule has 1 aliphatic carbocycles. The molecule has 2 aromatic heterocycles. The minimum absolute atomic E-state index is 0.116. The van der Waals surface area contributed by atoms with Crippen molar-refractivity contribution in [2.24, 2.45) is 13.0 Å². The second-order valence-corrected chi connectivity index (χ2v) is 7.98. The first-order valence-corrected chi connectivity index (χ1v) is 9.81. The molecule has 1 fully saturated rings. The van der Waals surface area contributed by atoms with Gasteiger partial charge in [0.1, 0.15) is 0 Å². The van der Waals surface area contributed by atoms with E-state index in [9.17, 15) is 4.79 Å². The van der Waals surface area contributed by atoms with Gasteiger partial charge in [0, 0.05) is 31.4 Å². The van der Waals surface area contributed by atoms with Gasteiger partial charge < -0.3 is 0 Å². The molecule has 2 aromatic rings. The highest BCUT2D eigenvalue weighted by Gasteiger charge is 2.25. The lowest BCUT2D eigenvalue weighted by atomic mass is 9.96. The molecule has 26 heavy (non-hydrogen) atoms. The molecule has 6 nitrogen and oxygen atoms in total. The number of aryl methyl sites for hydroxylation is 3. The van der Waals surface area contributed by atoms with Crippen LogP contribution in [0.15, 0.2) is 11.1 Å². The van der Waals surface area contributed by atoms with E-state index in [-0.39, 0.29) is 5.56 Å². The standard InChI is InChI=1S/C20H29N5O/c1-14-15(2)21-13-25(20(14)26)11-16-7-9-24(10-8-16)12-19-17-5-4-6-18(17)22-23(19)3/h13,16H,4-12H2,1-3H3. The molecule has 2 aliphatic rings. The van der Waals surface area contributed by atoms with Gasteiger partial charge in [0.05, 0.1) is 17.7 Å². The first-order chi connectivity index (χ1) is 12.5. The van der Waals surface area contributed by atoms with Gasteiger partial charge in [-0.05, 0) is 70.5 Å². The van der Waals surface area contributed by atoms with Crippen molar-refractivity contribution in [3.8, 4) is 0 Å². The lowest BCUT2D eigenvalue weighted by Gasteiger charge is -2.32. The van der Waals surface area contributed by atoms with Crippen LogP contribution in [0.3, 0.4) is 0 Å². The van der Waals surface area contributed by atoms with Crippen LogP contribution in [0.25, 0.3) is 0 Å². The molecule has 4 rings (SSSR count). The lowest BCUT2D eigenvalue weighted by Crippen LogP contribution is -2.37. The molecule has 1 saturated heterocycles. The van der Waals surface area contributed by atoms with E-state index in [0.717, 1.165) is 56.7 Å².